The largest absolute Gasteiger partial charge is 0.495 e. The Hall–Kier alpha value is -2.97. The molecule has 0 aliphatic rings. The molecule has 0 unspecified atom stereocenters. The number of halogens is 1. The molecule has 8 heteroatoms. The highest BCUT2D eigenvalue weighted by Crippen LogP contribution is 2.36. The summed E-state index contributed by atoms with van der Waals surface area (Å²) in [5.74, 6) is -0.103. The first-order chi connectivity index (χ1) is 13.9. The van der Waals surface area contributed by atoms with Crippen LogP contribution in [0.5, 0.6) is 5.75 Å². The van der Waals surface area contributed by atoms with Gasteiger partial charge in [-0.2, -0.15) is 0 Å². The van der Waals surface area contributed by atoms with Gasteiger partial charge in [-0.3, -0.25) is 14.9 Å². The third-order valence-corrected chi connectivity index (χ3v) is 5.07. The number of anilines is 2. The van der Waals surface area contributed by atoms with E-state index in [0.29, 0.717) is 27.2 Å². The summed E-state index contributed by atoms with van der Waals surface area (Å²) in [5, 5.41) is 10.3. The van der Waals surface area contributed by atoms with Crippen molar-refractivity contribution in [2.75, 3.05) is 17.7 Å². The average molecular weight is 472 g/mol. The minimum atomic E-state index is -0.388. The maximum atomic E-state index is 12.8. The van der Waals surface area contributed by atoms with Gasteiger partial charge in [-0.15, -0.1) is 0 Å². The number of thiocarbonyl (C=S) groups is 1. The molecule has 29 heavy (non-hydrogen) atoms. The Labute approximate surface area is 181 Å². The lowest BCUT2D eigenvalue weighted by molar-refractivity contribution is -0.114. The molecule has 148 valence electrons. The summed E-state index contributed by atoms with van der Waals surface area (Å²) in [6, 6.07) is 16.4. The zero-order valence-corrected chi connectivity index (χ0v) is 18.1. The third-order valence-electron chi connectivity index (χ3n) is 4.08. The van der Waals surface area contributed by atoms with Crippen LogP contribution in [0.2, 0.25) is 0 Å². The van der Waals surface area contributed by atoms with Crippen LogP contribution in [-0.2, 0) is 4.79 Å². The van der Waals surface area contributed by atoms with Gasteiger partial charge in [-0.1, -0.05) is 24.3 Å². The zero-order chi connectivity index (χ0) is 21.0. The number of carbonyl (C=O) groups excluding carboxylic acids is 2. The van der Waals surface area contributed by atoms with Crippen molar-refractivity contribution in [3.8, 4) is 5.75 Å². The molecule has 3 aromatic rings. The van der Waals surface area contributed by atoms with E-state index >= 15 is 0 Å². The number of hydrogen-bond donors (Lipinski definition) is 3. The van der Waals surface area contributed by atoms with Crippen LogP contribution >= 0.6 is 28.1 Å². The molecule has 0 aromatic heterocycles. The molecule has 2 amide bonds. The van der Waals surface area contributed by atoms with Crippen LogP contribution in [0.25, 0.3) is 10.8 Å². The van der Waals surface area contributed by atoms with E-state index in [1.165, 1.54) is 14.0 Å². The smallest absolute Gasteiger partial charge is 0.261 e. The first kappa shape index (κ1) is 20.8. The zero-order valence-electron chi connectivity index (χ0n) is 15.7. The highest BCUT2D eigenvalue weighted by molar-refractivity contribution is 9.10. The van der Waals surface area contributed by atoms with E-state index in [-0.39, 0.29) is 16.9 Å². The Kier molecular flexibility index (Phi) is 6.46. The van der Waals surface area contributed by atoms with Crippen molar-refractivity contribution in [3.63, 3.8) is 0 Å². The highest BCUT2D eigenvalue weighted by Gasteiger charge is 2.19. The molecule has 0 bridgehead atoms. The monoisotopic (exact) mass is 471 g/mol. The normalized spacial score (nSPS) is 10.3. The summed E-state index contributed by atoms with van der Waals surface area (Å²) in [6.07, 6.45) is 0. The molecule has 0 aliphatic heterocycles. The van der Waals surface area contributed by atoms with Gasteiger partial charge in [0.2, 0.25) is 5.91 Å². The second-order valence-electron chi connectivity index (χ2n) is 6.16. The quantitative estimate of drug-likeness (QED) is 0.480. The number of methoxy groups -OCH3 is 1. The second kappa shape index (κ2) is 9.02. The van der Waals surface area contributed by atoms with Crippen molar-refractivity contribution in [3.05, 3.63) is 64.6 Å². The van der Waals surface area contributed by atoms with Gasteiger partial charge in [-0.05, 0) is 69.3 Å². The van der Waals surface area contributed by atoms with Gasteiger partial charge in [0, 0.05) is 18.3 Å². The van der Waals surface area contributed by atoms with Crippen molar-refractivity contribution in [1.82, 2.24) is 5.32 Å². The summed E-state index contributed by atoms with van der Waals surface area (Å²) in [5.41, 5.74) is 1.71. The van der Waals surface area contributed by atoms with Crippen LogP contribution in [-0.4, -0.2) is 24.0 Å². The van der Waals surface area contributed by atoms with E-state index < -0.39 is 0 Å². The van der Waals surface area contributed by atoms with Gasteiger partial charge in [-0.25, -0.2) is 0 Å². The molecule has 3 aromatic carbocycles. The number of nitrogens with one attached hydrogen (secondary N) is 3. The lowest BCUT2D eigenvalue weighted by Gasteiger charge is -2.14. The van der Waals surface area contributed by atoms with Crippen LogP contribution in [0.3, 0.4) is 0 Å². The number of carbonyl (C=O) groups is 2. The number of ether oxygens (including phenoxy) is 1. The third kappa shape index (κ3) is 4.90. The van der Waals surface area contributed by atoms with E-state index in [9.17, 15) is 9.59 Å². The number of amides is 2. The summed E-state index contributed by atoms with van der Waals surface area (Å²) in [4.78, 5) is 23.9. The minimum absolute atomic E-state index is 0.147. The Morgan fingerprint density at radius 3 is 2.24 bits per heavy atom. The van der Waals surface area contributed by atoms with Crippen molar-refractivity contribution in [1.29, 1.82) is 0 Å². The molecule has 0 saturated heterocycles. The molecule has 0 aliphatic carbocycles. The Morgan fingerprint density at radius 1 is 1.00 bits per heavy atom. The first-order valence-corrected chi connectivity index (χ1v) is 9.84. The topological polar surface area (TPSA) is 79.5 Å². The number of hydrogen-bond acceptors (Lipinski definition) is 4. The first-order valence-electron chi connectivity index (χ1n) is 8.64. The van der Waals surface area contributed by atoms with Crippen LogP contribution < -0.4 is 20.7 Å². The Bertz CT molecular complexity index is 1100. The molecule has 3 N–H and O–H groups in total. The summed E-state index contributed by atoms with van der Waals surface area (Å²) in [7, 11) is 1.51. The van der Waals surface area contributed by atoms with Gasteiger partial charge in [0.25, 0.3) is 5.91 Å². The molecule has 0 fully saturated rings. The Balaban J connectivity index is 1.76. The fourth-order valence-electron chi connectivity index (χ4n) is 2.83. The van der Waals surface area contributed by atoms with E-state index in [2.05, 4.69) is 31.9 Å². The molecule has 0 spiro atoms. The predicted molar refractivity (Wildman–Crippen MR) is 123 cm³/mol. The van der Waals surface area contributed by atoms with Gasteiger partial charge in [0.15, 0.2) is 5.11 Å². The standard InChI is InChI=1S/C21H18BrN3O3S/c1-12(26)23-14-7-9-15(10-8-14)24-21(29)25-20(27)17-11-13-5-3-4-6-16(13)18(22)19(17)28-2/h3-11H,1-2H3,(H,23,26)(H2,24,25,27,29). The lowest BCUT2D eigenvalue weighted by Crippen LogP contribution is -2.34. The molecule has 6 nitrogen and oxygen atoms in total. The number of rotatable bonds is 4. The molecule has 0 heterocycles. The van der Waals surface area contributed by atoms with E-state index in [1.807, 2.05) is 24.3 Å². The number of benzene rings is 3. The lowest BCUT2D eigenvalue weighted by atomic mass is 10.1. The summed E-state index contributed by atoms with van der Waals surface area (Å²) < 4.78 is 6.15. The molecular formula is C21H18BrN3O3S. The summed E-state index contributed by atoms with van der Waals surface area (Å²) in [6.45, 7) is 1.44. The van der Waals surface area contributed by atoms with Crippen LogP contribution in [0.1, 0.15) is 17.3 Å². The molecule has 0 radical (unpaired) electrons. The van der Waals surface area contributed by atoms with Crippen LogP contribution in [0, 0.1) is 0 Å². The maximum Gasteiger partial charge on any atom is 0.261 e. The van der Waals surface area contributed by atoms with E-state index in [0.717, 1.165) is 10.8 Å². The van der Waals surface area contributed by atoms with Gasteiger partial charge >= 0.3 is 0 Å². The second-order valence-corrected chi connectivity index (χ2v) is 7.36. The fourth-order valence-corrected chi connectivity index (χ4v) is 3.77. The van der Waals surface area contributed by atoms with Crippen molar-refractivity contribution in [2.45, 2.75) is 6.92 Å². The Morgan fingerprint density at radius 2 is 1.62 bits per heavy atom. The van der Waals surface area contributed by atoms with Crippen molar-refractivity contribution >= 4 is 67.2 Å². The van der Waals surface area contributed by atoms with E-state index in [1.54, 1.807) is 30.3 Å². The van der Waals surface area contributed by atoms with Gasteiger partial charge < -0.3 is 15.4 Å². The predicted octanol–water partition coefficient (Wildman–Crippen LogP) is 4.70. The van der Waals surface area contributed by atoms with Crippen molar-refractivity contribution in [2.24, 2.45) is 0 Å². The minimum Gasteiger partial charge on any atom is -0.495 e. The molecular weight excluding hydrogens is 454 g/mol. The number of fused-ring (bicyclic) bond motifs is 1. The van der Waals surface area contributed by atoms with Gasteiger partial charge in [0.05, 0.1) is 17.1 Å². The molecule has 3 rings (SSSR count). The van der Waals surface area contributed by atoms with Crippen LogP contribution in [0.15, 0.2) is 59.1 Å². The maximum absolute atomic E-state index is 12.8. The summed E-state index contributed by atoms with van der Waals surface area (Å²) >= 11 is 8.78. The highest BCUT2D eigenvalue weighted by atomic mass is 79.9. The SMILES string of the molecule is COc1c(C(=O)NC(=S)Nc2ccc(NC(C)=O)cc2)cc2ccccc2c1Br. The van der Waals surface area contributed by atoms with Crippen LogP contribution in [0.4, 0.5) is 11.4 Å². The fraction of sp³-hybridized carbons (Fsp3) is 0.0952. The van der Waals surface area contributed by atoms with Gasteiger partial charge in [0.1, 0.15) is 5.75 Å². The average Bonchev–Trinajstić information content (AvgIpc) is 2.69. The van der Waals surface area contributed by atoms with E-state index in [4.69, 9.17) is 17.0 Å². The molecule has 0 saturated carbocycles. The van der Waals surface area contributed by atoms with Crippen molar-refractivity contribution < 1.29 is 14.3 Å². The molecule has 0 atom stereocenters.